The van der Waals surface area contributed by atoms with Gasteiger partial charge < -0.3 is 18.9 Å². The number of benzene rings is 4. The molecule has 0 fully saturated rings. The van der Waals surface area contributed by atoms with Crippen molar-refractivity contribution in [1.29, 1.82) is 0 Å². The summed E-state index contributed by atoms with van der Waals surface area (Å²) in [6.07, 6.45) is 17.3. The normalized spacial score (nSPS) is 12.2. The number of hydrogen-bond donors (Lipinski definition) is 0. The Balaban J connectivity index is 1.23. The van der Waals surface area contributed by atoms with E-state index in [9.17, 15) is 0 Å². The van der Waals surface area contributed by atoms with Gasteiger partial charge in [-0.15, -0.1) is 13.2 Å². The molecule has 0 spiro atoms. The van der Waals surface area contributed by atoms with Crippen LogP contribution in [0.25, 0.3) is 0 Å². The molecular formula is C55H76O4. The van der Waals surface area contributed by atoms with E-state index in [-0.39, 0.29) is 22.0 Å². The van der Waals surface area contributed by atoms with Crippen LogP contribution in [-0.2, 0) is 10.8 Å². The van der Waals surface area contributed by atoms with E-state index in [0.717, 1.165) is 106 Å². The summed E-state index contributed by atoms with van der Waals surface area (Å²) in [5.41, 5.74) is 4.47. The molecule has 0 saturated carbocycles. The molecule has 0 aromatic heterocycles. The maximum Gasteiger partial charge on any atom is 0.120 e. The Morgan fingerprint density at radius 1 is 0.407 bits per heavy atom. The van der Waals surface area contributed by atoms with E-state index in [1.807, 2.05) is 12.2 Å². The SMILES string of the molecule is C=CCCCOc1ccc(C(C)(C)c2ccc(OC(CC)(CC)CCCCCOc3ccc(C(C)(C)c4ccc(OC(CC)(CC)CCCC=C)cc4)cc3)cc2)cc1. The van der Waals surface area contributed by atoms with Crippen LogP contribution >= 0.6 is 0 Å². The summed E-state index contributed by atoms with van der Waals surface area (Å²) in [7, 11) is 0. The zero-order valence-electron chi connectivity index (χ0n) is 38.0. The summed E-state index contributed by atoms with van der Waals surface area (Å²) in [5.74, 6) is 3.73. The number of ether oxygens (including phenoxy) is 4. The molecule has 4 aromatic carbocycles. The van der Waals surface area contributed by atoms with Crippen molar-refractivity contribution in [3.05, 3.63) is 145 Å². The molecular weight excluding hydrogens is 725 g/mol. The lowest BCUT2D eigenvalue weighted by Gasteiger charge is -2.33. The first-order valence-corrected chi connectivity index (χ1v) is 22.7. The van der Waals surface area contributed by atoms with Crippen LogP contribution in [0, 0.1) is 0 Å². The zero-order chi connectivity index (χ0) is 42.8. The lowest BCUT2D eigenvalue weighted by molar-refractivity contribution is 0.0479. The highest BCUT2D eigenvalue weighted by atomic mass is 16.5. The molecule has 4 nitrogen and oxygen atoms in total. The lowest BCUT2D eigenvalue weighted by Crippen LogP contribution is -2.34. The average molecular weight is 801 g/mol. The van der Waals surface area contributed by atoms with Gasteiger partial charge in [-0.25, -0.2) is 0 Å². The first-order chi connectivity index (χ1) is 28.4. The Morgan fingerprint density at radius 3 is 1.08 bits per heavy atom. The van der Waals surface area contributed by atoms with Gasteiger partial charge in [0.1, 0.15) is 34.2 Å². The van der Waals surface area contributed by atoms with Crippen LogP contribution in [0.15, 0.2) is 122 Å². The molecule has 0 N–H and O–H groups in total. The van der Waals surface area contributed by atoms with Gasteiger partial charge in [0.25, 0.3) is 0 Å². The predicted molar refractivity (Wildman–Crippen MR) is 251 cm³/mol. The molecule has 0 bridgehead atoms. The van der Waals surface area contributed by atoms with E-state index in [1.165, 1.54) is 22.3 Å². The first-order valence-electron chi connectivity index (χ1n) is 22.7. The second-order valence-electron chi connectivity index (χ2n) is 17.5. The monoisotopic (exact) mass is 801 g/mol. The van der Waals surface area contributed by atoms with Gasteiger partial charge >= 0.3 is 0 Å². The van der Waals surface area contributed by atoms with Crippen molar-refractivity contribution < 1.29 is 18.9 Å². The summed E-state index contributed by atoms with van der Waals surface area (Å²) in [6.45, 7) is 27.2. The summed E-state index contributed by atoms with van der Waals surface area (Å²) in [4.78, 5) is 0. The molecule has 4 aromatic rings. The van der Waals surface area contributed by atoms with Crippen LogP contribution in [0.3, 0.4) is 0 Å². The quantitative estimate of drug-likeness (QED) is 0.0423. The van der Waals surface area contributed by atoms with E-state index in [4.69, 9.17) is 18.9 Å². The number of hydrogen-bond acceptors (Lipinski definition) is 4. The molecule has 4 rings (SSSR count). The summed E-state index contributed by atoms with van der Waals surface area (Å²) < 4.78 is 25.5. The molecule has 0 saturated heterocycles. The second-order valence-corrected chi connectivity index (χ2v) is 17.5. The van der Waals surface area contributed by atoms with E-state index < -0.39 is 0 Å². The van der Waals surface area contributed by atoms with Crippen LogP contribution in [0.5, 0.6) is 23.0 Å². The van der Waals surface area contributed by atoms with E-state index >= 15 is 0 Å². The van der Waals surface area contributed by atoms with Gasteiger partial charge in [-0.2, -0.15) is 0 Å². The van der Waals surface area contributed by atoms with E-state index in [1.54, 1.807) is 0 Å². The van der Waals surface area contributed by atoms with Crippen LogP contribution in [-0.4, -0.2) is 24.4 Å². The van der Waals surface area contributed by atoms with Crippen LogP contribution in [0.2, 0.25) is 0 Å². The Hall–Kier alpha value is -4.44. The largest absolute Gasteiger partial charge is 0.494 e. The maximum atomic E-state index is 6.78. The van der Waals surface area contributed by atoms with E-state index in [2.05, 4.69) is 166 Å². The molecule has 0 aliphatic rings. The maximum absolute atomic E-state index is 6.78. The summed E-state index contributed by atoms with van der Waals surface area (Å²) >= 11 is 0. The van der Waals surface area contributed by atoms with Gasteiger partial charge in [-0.3, -0.25) is 0 Å². The molecule has 0 amide bonds. The van der Waals surface area contributed by atoms with Gasteiger partial charge in [0.05, 0.1) is 13.2 Å². The van der Waals surface area contributed by atoms with Crippen LogP contribution < -0.4 is 18.9 Å². The van der Waals surface area contributed by atoms with Gasteiger partial charge in [-0.1, -0.05) is 116 Å². The smallest absolute Gasteiger partial charge is 0.120 e. The molecule has 0 heterocycles. The lowest BCUT2D eigenvalue weighted by atomic mass is 9.78. The molecule has 59 heavy (non-hydrogen) atoms. The Kier molecular flexibility index (Phi) is 18.3. The highest BCUT2D eigenvalue weighted by molar-refractivity contribution is 5.43. The number of rotatable bonds is 28. The van der Waals surface area contributed by atoms with Gasteiger partial charge in [0.2, 0.25) is 0 Å². The summed E-state index contributed by atoms with van der Waals surface area (Å²) in [5, 5.41) is 0. The Morgan fingerprint density at radius 2 is 0.729 bits per heavy atom. The minimum Gasteiger partial charge on any atom is -0.494 e. The van der Waals surface area contributed by atoms with Gasteiger partial charge in [-0.05, 0) is 154 Å². The Bertz CT molecular complexity index is 1790. The molecule has 0 aliphatic carbocycles. The van der Waals surface area contributed by atoms with Crippen molar-refractivity contribution in [2.75, 3.05) is 13.2 Å². The van der Waals surface area contributed by atoms with Gasteiger partial charge in [0.15, 0.2) is 0 Å². The topological polar surface area (TPSA) is 36.9 Å². The van der Waals surface area contributed by atoms with Crippen molar-refractivity contribution in [1.82, 2.24) is 0 Å². The highest BCUT2D eigenvalue weighted by Gasteiger charge is 2.30. The molecule has 0 atom stereocenters. The molecule has 0 aliphatic heterocycles. The summed E-state index contributed by atoms with van der Waals surface area (Å²) in [6, 6.07) is 34.7. The van der Waals surface area contributed by atoms with Crippen molar-refractivity contribution in [3.63, 3.8) is 0 Å². The van der Waals surface area contributed by atoms with Crippen molar-refractivity contribution in [2.45, 2.75) is 161 Å². The predicted octanol–water partition coefficient (Wildman–Crippen LogP) is 15.6. The molecule has 4 heteroatoms. The molecule has 0 radical (unpaired) electrons. The van der Waals surface area contributed by atoms with E-state index in [0.29, 0.717) is 13.2 Å². The first kappa shape index (κ1) is 47.2. The number of unbranched alkanes of at least 4 members (excludes halogenated alkanes) is 4. The standard InChI is InChI=1S/C55H76O4/c1-11-17-20-40-54(13-3,14-4)58-50-36-28-46(29-37-50)53(9,10)45-26-34-49(35-27-45)57-43-23-19-21-41-55(15-5,16-6)59-51-38-30-47(31-39-51)52(7,8)44-24-32-48(33-25-44)56-42-22-18-12-2/h11-12,24-39H,1-2,13-23,40-43H2,3-10H3. The highest BCUT2D eigenvalue weighted by Crippen LogP contribution is 2.37. The third kappa shape index (κ3) is 13.3. The number of allylic oxidation sites excluding steroid dienone is 2. The minimum absolute atomic E-state index is 0.122. The van der Waals surface area contributed by atoms with Crippen LogP contribution in [0.1, 0.15) is 161 Å². The molecule has 320 valence electrons. The average Bonchev–Trinajstić information content (AvgIpc) is 3.26. The second kappa shape index (κ2) is 22.8. The third-order valence-corrected chi connectivity index (χ3v) is 13.0. The van der Waals surface area contributed by atoms with Crippen LogP contribution in [0.4, 0.5) is 0 Å². The van der Waals surface area contributed by atoms with Crippen molar-refractivity contribution in [2.24, 2.45) is 0 Å². The van der Waals surface area contributed by atoms with Crippen molar-refractivity contribution >= 4 is 0 Å². The van der Waals surface area contributed by atoms with Crippen molar-refractivity contribution in [3.8, 4) is 23.0 Å². The van der Waals surface area contributed by atoms with Gasteiger partial charge in [0, 0.05) is 10.8 Å². The Labute approximate surface area is 359 Å². The zero-order valence-corrected chi connectivity index (χ0v) is 38.0. The third-order valence-electron chi connectivity index (χ3n) is 13.0. The fourth-order valence-corrected chi connectivity index (χ4v) is 8.15. The molecule has 0 unspecified atom stereocenters. The fraction of sp³-hybridized carbons (Fsp3) is 0.491. The fourth-order valence-electron chi connectivity index (χ4n) is 8.15. The minimum atomic E-state index is -0.170.